The first kappa shape index (κ1) is 20.4. The Morgan fingerprint density at radius 3 is 2.54 bits per heavy atom. The summed E-state index contributed by atoms with van der Waals surface area (Å²) >= 11 is 0. The minimum absolute atomic E-state index is 0.0857. The number of likely N-dealkylation sites (N-methyl/N-ethyl adjacent to an activating group) is 1. The molecule has 1 aliphatic rings. The molecule has 7 nitrogen and oxygen atoms in total. The largest absolute Gasteiger partial charge is 0.444 e. The molecule has 0 spiro atoms. The zero-order valence-corrected chi connectivity index (χ0v) is 17.3. The molecule has 0 aliphatic carbocycles. The summed E-state index contributed by atoms with van der Waals surface area (Å²) in [4.78, 5) is 11.2. The van der Waals surface area contributed by atoms with Gasteiger partial charge in [-0.1, -0.05) is 17.7 Å². The number of hydrogen-bond acceptors (Lipinski definition) is 5. The molecule has 1 aliphatic heterocycles. The van der Waals surface area contributed by atoms with E-state index in [4.69, 9.17) is 9.15 Å². The number of nitrogens with one attached hydrogen (secondary N) is 2. The third-order valence-corrected chi connectivity index (χ3v) is 5.47. The summed E-state index contributed by atoms with van der Waals surface area (Å²) in [7, 11) is 6.04. The molecule has 2 heterocycles. The predicted molar refractivity (Wildman–Crippen MR) is 111 cm³/mol. The molecule has 0 atom stereocenters. The Kier molecular flexibility index (Phi) is 6.70. The lowest BCUT2D eigenvalue weighted by molar-refractivity contribution is -0.00501. The zero-order valence-electron chi connectivity index (χ0n) is 17.3. The maximum absolute atomic E-state index is 5.63. The normalized spacial score (nSPS) is 17.0. The molecule has 0 bridgehead atoms. The lowest BCUT2D eigenvalue weighted by atomic mass is 9.88. The number of hydrogen-bond donors (Lipinski definition) is 2. The highest BCUT2D eigenvalue weighted by Gasteiger charge is 2.34. The van der Waals surface area contributed by atoms with Gasteiger partial charge in [0, 0.05) is 37.9 Å². The van der Waals surface area contributed by atoms with Gasteiger partial charge in [-0.15, -0.1) is 0 Å². The standard InChI is InChI=1S/C21H31N5O2/c1-16-5-7-17(8-6-16)19-25-18(14-28-19)13-23-20(22-2)24-15-21(26(3)4)9-11-27-12-10-21/h5-8,14H,9-13,15H2,1-4H3,(H2,22,23,24). The van der Waals surface area contributed by atoms with Gasteiger partial charge < -0.3 is 24.7 Å². The van der Waals surface area contributed by atoms with Crippen molar-refractivity contribution in [3.05, 3.63) is 41.8 Å². The van der Waals surface area contributed by atoms with E-state index in [9.17, 15) is 0 Å². The van der Waals surface area contributed by atoms with Crippen LogP contribution in [0.5, 0.6) is 0 Å². The molecular formula is C21H31N5O2. The van der Waals surface area contributed by atoms with Crippen molar-refractivity contribution in [1.82, 2.24) is 20.5 Å². The fraction of sp³-hybridized carbons (Fsp3) is 0.524. The van der Waals surface area contributed by atoms with E-state index < -0.39 is 0 Å². The van der Waals surface area contributed by atoms with E-state index in [1.807, 2.05) is 12.1 Å². The Labute approximate surface area is 167 Å². The van der Waals surface area contributed by atoms with Crippen molar-refractivity contribution in [3.8, 4) is 11.5 Å². The number of benzene rings is 1. The van der Waals surface area contributed by atoms with Crippen LogP contribution in [0.4, 0.5) is 0 Å². The first-order valence-corrected chi connectivity index (χ1v) is 9.73. The van der Waals surface area contributed by atoms with Crippen LogP contribution in [0, 0.1) is 6.92 Å². The Bertz CT molecular complexity index is 776. The summed E-state index contributed by atoms with van der Waals surface area (Å²) in [6.07, 6.45) is 3.70. The van der Waals surface area contributed by atoms with Crippen molar-refractivity contribution < 1.29 is 9.15 Å². The van der Waals surface area contributed by atoms with Crippen LogP contribution in [0.25, 0.3) is 11.5 Å². The Morgan fingerprint density at radius 1 is 1.18 bits per heavy atom. The van der Waals surface area contributed by atoms with Gasteiger partial charge in [0.15, 0.2) is 5.96 Å². The first-order chi connectivity index (χ1) is 13.5. The summed E-state index contributed by atoms with van der Waals surface area (Å²) in [6, 6.07) is 8.15. The van der Waals surface area contributed by atoms with Gasteiger partial charge in [0.05, 0.1) is 12.2 Å². The number of ether oxygens (including phenoxy) is 1. The Balaban J connectivity index is 1.55. The van der Waals surface area contributed by atoms with E-state index in [1.54, 1.807) is 13.3 Å². The number of oxazole rings is 1. The van der Waals surface area contributed by atoms with Gasteiger partial charge in [0.1, 0.15) is 6.26 Å². The third-order valence-electron chi connectivity index (χ3n) is 5.47. The van der Waals surface area contributed by atoms with Crippen LogP contribution in [-0.4, -0.2) is 62.3 Å². The molecule has 2 N–H and O–H groups in total. The van der Waals surface area contributed by atoms with Crippen LogP contribution in [-0.2, 0) is 11.3 Å². The molecule has 2 aromatic rings. The SMILES string of the molecule is CN=C(NCc1coc(-c2ccc(C)cc2)n1)NCC1(N(C)C)CCOCC1. The van der Waals surface area contributed by atoms with Crippen molar-refractivity contribution in [2.24, 2.45) is 4.99 Å². The van der Waals surface area contributed by atoms with Crippen molar-refractivity contribution in [1.29, 1.82) is 0 Å². The summed E-state index contributed by atoms with van der Waals surface area (Å²) in [5.41, 5.74) is 3.12. The predicted octanol–water partition coefficient (Wildman–Crippen LogP) is 2.43. The van der Waals surface area contributed by atoms with E-state index in [2.05, 4.69) is 58.7 Å². The highest BCUT2D eigenvalue weighted by atomic mass is 16.5. The molecule has 0 unspecified atom stereocenters. The highest BCUT2D eigenvalue weighted by Crippen LogP contribution is 2.25. The number of nitrogens with zero attached hydrogens (tertiary/aromatic N) is 3. The van der Waals surface area contributed by atoms with Gasteiger partial charge >= 0.3 is 0 Å². The van der Waals surface area contributed by atoms with Gasteiger partial charge in [-0.2, -0.15) is 0 Å². The molecule has 1 saturated heterocycles. The molecule has 7 heteroatoms. The minimum atomic E-state index is 0.0857. The van der Waals surface area contributed by atoms with Crippen molar-refractivity contribution in [2.75, 3.05) is 40.9 Å². The minimum Gasteiger partial charge on any atom is -0.444 e. The lowest BCUT2D eigenvalue weighted by Gasteiger charge is -2.43. The molecule has 0 amide bonds. The quantitative estimate of drug-likeness (QED) is 0.588. The van der Waals surface area contributed by atoms with Crippen LogP contribution in [0.1, 0.15) is 24.1 Å². The van der Waals surface area contributed by atoms with Crippen LogP contribution < -0.4 is 10.6 Å². The monoisotopic (exact) mass is 385 g/mol. The van der Waals surface area contributed by atoms with Crippen molar-refractivity contribution in [2.45, 2.75) is 31.8 Å². The smallest absolute Gasteiger partial charge is 0.226 e. The fourth-order valence-electron chi connectivity index (χ4n) is 3.39. The first-order valence-electron chi connectivity index (χ1n) is 9.73. The van der Waals surface area contributed by atoms with E-state index in [0.29, 0.717) is 12.4 Å². The second-order valence-electron chi connectivity index (χ2n) is 7.52. The maximum Gasteiger partial charge on any atom is 0.226 e. The van der Waals surface area contributed by atoms with Crippen molar-refractivity contribution in [3.63, 3.8) is 0 Å². The van der Waals surface area contributed by atoms with Gasteiger partial charge in [-0.05, 0) is 46.0 Å². The molecule has 1 fully saturated rings. The van der Waals surface area contributed by atoms with Crippen LogP contribution in [0.15, 0.2) is 39.9 Å². The molecule has 1 aromatic heterocycles. The molecule has 0 saturated carbocycles. The van der Waals surface area contributed by atoms with E-state index in [0.717, 1.165) is 49.8 Å². The molecule has 152 valence electrons. The lowest BCUT2D eigenvalue weighted by Crippen LogP contribution is -2.57. The molecule has 1 aromatic carbocycles. The van der Waals surface area contributed by atoms with E-state index in [1.165, 1.54) is 5.56 Å². The van der Waals surface area contributed by atoms with Gasteiger partial charge in [-0.25, -0.2) is 4.98 Å². The summed E-state index contributed by atoms with van der Waals surface area (Å²) in [5, 5.41) is 6.78. The van der Waals surface area contributed by atoms with Crippen LogP contribution >= 0.6 is 0 Å². The second kappa shape index (κ2) is 9.21. The molecule has 0 radical (unpaired) electrons. The van der Waals surface area contributed by atoms with Gasteiger partial charge in [-0.3, -0.25) is 4.99 Å². The van der Waals surface area contributed by atoms with Crippen LogP contribution in [0.3, 0.4) is 0 Å². The number of aryl methyl sites for hydroxylation is 1. The summed E-state index contributed by atoms with van der Waals surface area (Å²) in [6.45, 7) is 5.02. The van der Waals surface area contributed by atoms with Crippen LogP contribution in [0.2, 0.25) is 0 Å². The number of aliphatic imine (C=N–C) groups is 1. The summed E-state index contributed by atoms with van der Waals surface area (Å²) < 4.78 is 11.2. The number of aromatic nitrogens is 1. The average molecular weight is 386 g/mol. The third kappa shape index (κ3) is 4.91. The van der Waals surface area contributed by atoms with E-state index in [-0.39, 0.29) is 5.54 Å². The number of guanidine groups is 1. The fourth-order valence-corrected chi connectivity index (χ4v) is 3.39. The van der Waals surface area contributed by atoms with Gasteiger partial charge in [0.25, 0.3) is 0 Å². The Morgan fingerprint density at radius 2 is 1.89 bits per heavy atom. The number of rotatable bonds is 6. The summed E-state index contributed by atoms with van der Waals surface area (Å²) in [5.74, 6) is 1.39. The Hall–Kier alpha value is -2.38. The second-order valence-corrected chi connectivity index (χ2v) is 7.52. The van der Waals surface area contributed by atoms with Gasteiger partial charge in [0.2, 0.25) is 5.89 Å². The van der Waals surface area contributed by atoms with E-state index >= 15 is 0 Å². The average Bonchev–Trinajstić information content (AvgIpc) is 3.18. The zero-order chi connectivity index (χ0) is 20.0. The molecule has 28 heavy (non-hydrogen) atoms. The van der Waals surface area contributed by atoms with Crippen molar-refractivity contribution >= 4 is 5.96 Å². The topological polar surface area (TPSA) is 74.9 Å². The molecule has 3 rings (SSSR count). The molecular weight excluding hydrogens is 354 g/mol. The maximum atomic E-state index is 5.63. The highest BCUT2D eigenvalue weighted by molar-refractivity contribution is 5.79.